The number of thiazole rings is 1. The summed E-state index contributed by atoms with van der Waals surface area (Å²) < 4.78 is 6.29. The van der Waals surface area contributed by atoms with Crippen molar-refractivity contribution in [2.75, 3.05) is 17.7 Å². The summed E-state index contributed by atoms with van der Waals surface area (Å²) in [6.07, 6.45) is 0. The molecular weight excluding hydrogens is 370 g/mol. The number of carbonyl (C=O) groups is 1. The summed E-state index contributed by atoms with van der Waals surface area (Å²) >= 11 is 1.67. The third-order valence-electron chi connectivity index (χ3n) is 4.28. The lowest BCUT2D eigenvalue weighted by atomic mass is 10.2. The number of urea groups is 1. The van der Waals surface area contributed by atoms with E-state index >= 15 is 0 Å². The number of carbonyl (C=O) groups excluding carboxylic acids is 1. The van der Waals surface area contributed by atoms with Gasteiger partial charge >= 0.3 is 6.03 Å². The van der Waals surface area contributed by atoms with Gasteiger partial charge in [-0.15, -0.1) is 11.3 Å². The van der Waals surface area contributed by atoms with Gasteiger partial charge < -0.3 is 15.4 Å². The van der Waals surface area contributed by atoms with Crippen LogP contribution in [0.4, 0.5) is 16.2 Å². The van der Waals surface area contributed by atoms with Crippen molar-refractivity contribution in [3.05, 3.63) is 72.3 Å². The first kappa shape index (κ1) is 18.0. The van der Waals surface area contributed by atoms with E-state index in [1.807, 2.05) is 30.3 Å². The molecule has 28 heavy (non-hydrogen) atoms. The molecule has 0 atom stereocenters. The Morgan fingerprint density at radius 2 is 1.57 bits per heavy atom. The van der Waals surface area contributed by atoms with E-state index in [-0.39, 0.29) is 6.03 Å². The lowest BCUT2D eigenvalue weighted by Gasteiger charge is -2.08. The SMILES string of the molecule is COc1ccc(NC(=O)Nc2ccc(-c3nc4ccc(C)cc4s3)cc2)cc1. The van der Waals surface area contributed by atoms with Crippen molar-refractivity contribution < 1.29 is 9.53 Å². The quantitative estimate of drug-likeness (QED) is 0.455. The highest BCUT2D eigenvalue weighted by Crippen LogP contribution is 2.31. The van der Waals surface area contributed by atoms with Crippen molar-refractivity contribution in [2.45, 2.75) is 6.92 Å². The minimum absolute atomic E-state index is 0.298. The third-order valence-corrected chi connectivity index (χ3v) is 5.35. The number of methoxy groups -OCH3 is 1. The first-order chi connectivity index (χ1) is 13.6. The van der Waals surface area contributed by atoms with Crippen LogP contribution in [0.5, 0.6) is 5.75 Å². The highest BCUT2D eigenvalue weighted by molar-refractivity contribution is 7.21. The molecule has 0 saturated heterocycles. The summed E-state index contributed by atoms with van der Waals surface area (Å²) in [7, 11) is 1.61. The zero-order valence-electron chi connectivity index (χ0n) is 15.5. The molecule has 1 aromatic heterocycles. The molecule has 4 rings (SSSR count). The molecule has 1 heterocycles. The molecule has 140 valence electrons. The minimum atomic E-state index is -0.298. The maximum Gasteiger partial charge on any atom is 0.323 e. The number of ether oxygens (including phenoxy) is 1. The lowest BCUT2D eigenvalue weighted by Crippen LogP contribution is -2.19. The number of aryl methyl sites for hydroxylation is 1. The third kappa shape index (κ3) is 3.97. The maximum atomic E-state index is 12.2. The molecule has 0 fully saturated rings. The second-order valence-corrected chi connectivity index (χ2v) is 7.41. The summed E-state index contributed by atoms with van der Waals surface area (Å²) in [5, 5.41) is 6.60. The van der Waals surface area contributed by atoms with Crippen LogP contribution in [0.15, 0.2) is 66.7 Å². The average molecular weight is 389 g/mol. The number of fused-ring (bicyclic) bond motifs is 1. The summed E-state index contributed by atoms with van der Waals surface area (Å²) in [4.78, 5) is 16.9. The maximum absolute atomic E-state index is 12.2. The molecule has 2 N–H and O–H groups in total. The van der Waals surface area contributed by atoms with Crippen LogP contribution < -0.4 is 15.4 Å². The van der Waals surface area contributed by atoms with Crippen LogP contribution in [0.25, 0.3) is 20.8 Å². The molecule has 0 spiro atoms. The summed E-state index contributed by atoms with van der Waals surface area (Å²) in [5.41, 5.74) is 4.67. The zero-order chi connectivity index (χ0) is 19.5. The molecule has 5 nitrogen and oxygen atoms in total. The number of nitrogens with zero attached hydrogens (tertiary/aromatic N) is 1. The molecule has 0 saturated carbocycles. The summed E-state index contributed by atoms with van der Waals surface area (Å²) in [5.74, 6) is 0.742. The van der Waals surface area contributed by atoms with Crippen LogP contribution in [0.2, 0.25) is 0 Å². The van der Waals surface area contributed by atoms with E-state index in [2.05, 4.69) is 29.7 Å². The second kappa shape index (κ2) is 7.70. The van der Waals surface area contributed by atoms with Gasteiger partial charge in [0.05, 0.1) is 17.3 Å². The van der Waals surface area contributed by atoms with Crippen LogP contribution in [0.3, 0.4) is 0 Å². The highest BCUT2D eigenvalue weighted by atomic mass is 32.1. The van der Waals surface area contributed by atoms with Gasteiger partial charge in [-0.2, -0.15) is 0 Å². The Balaban J connectivity index is 1.44. The number of anilines is 2. The fourth-order valence-electron chi connectivity index (χ4n) is 2.82. The van der Waals surface area contributed by atoms with Gasteiger partial charge in [0, 0.05) is 16.9 Å². The molecule has 0 unspecified atom stereocenters. The Hall–Kier alpha value is -3.38. The van der Waals surface area contributed by atoms with E-state index in [0.717, 1.165) is 21.8 Å². The zero-order valence-corrected chi connectivity index (χ0v) is 16.3. The van der Waals surface area contributed by atoms with Gasteiger partial charge in [0.2, 0.25) is 0 Å². The first-order valence-electron chi connectivity index (χ1n) is 8.80. The molecule has 0 aliphatic carbocycles. The predicted molar refractivity (Wildman–Crippen MR) is 115 cm³/mol. The Morgan fingerprint density at radius 3 is 2.21 bits per heavy atom. The smallest absolute Gasteiger partial charge is 0.323 e. The van der Waals surface area contributed by atoms with Crippen LogP contribution in [-0.2, 0) is 0 Å². The van der Waals surface area contributed by atoms with E-state index in [1.54, 1.807) is 42.7 Å². The molecule has 0 bridgehead atoms. The number of hydrogen-bond donors (Lipinski definition) is 2. The molecular formula is C22H19N3O2S. The van der Waals surface area contributed by atoms with Gasteiger partial charge in [0.1, 0.15) is 10.8 Å². The molecule has 0 aliphatic heterocycles. The molecule has 6 heteroatoms. The standard InChI is InChI=1S/C22H19N3O2S/c1-14-3-12-19-20(13-14)28-21(25-19)15-4-6-16(7-5-15)23-22(26)24-17-8-10-18(27-2)11-9-17/h3-13H,1-2H3,(H2,23,24,26). The number of hydrogen-bond acceptors (Lipinski definition) is 4. The molecule has 0 aliphatic rings. The van der Waals surface area contributed by atoms with Crippen molar-refractivity contribution in [2.24, 2.45) is 0 Å². The fourth-order valence-corrected chi connectivity index (χ4v) is 3.89. The van der Waals surface area contributed by atoms with Crippen molar-refractivity contribution in [3.8, 4) is 16.3 Å². The van der Waals surface area contributed by atoms with Gasteiger partial charge in [-0.25, -0.2) is 9.78 Å². The highest BCUT2D eigenvalue weighted by Gasteiger charge is 2.08. The van der Waals surface area contributed by atoms with Crippen molar-refractivity contribution in [1.82, 2.24) is 4.98 Å². The number of aromatic nitrogens is 1. The Kier molecular flexibility index (Phi) is 4.95. The van der Waals surface area contributed by atoms with E-state index in [4.69, 9.17) is 9.72 Å². The summed E-state index contributed by atoms with van der Waals surface area (Å²) in [6, 6.07) is 20.8. The van der Waals surface area contributed by atoms with Gasteiger partial charge in [0.15, 0.2) is 0 Å². The first-order valence-corrected chi connectivity index (χ1v) is 9.62. The number of benzene rings is 3. The van der Waals surface area contributed by atoms with Gasteiger partial charge in [-0.3, -0.25) is 0 Å². The van der Waals surface area contributed by atoms with Crippen LogP contribution in [0, 0.1) is 6.92 Å². The van der Waals surface area contributed by atoms with Crippen LogP contribution in [-0.4, -0.2) is 18.1 Å². The monoisotopic (exact) mass is 389 g/mol. The Bertz CT molecular complexity index is 1120. The number of nitrogens with one attached hydrogen (secondary N) is 2. The fraction of sp³-hybridized carbons (Fsp3) is 0.0909. The molecule has 0 radical (unpaired) electrons. The molecule has 4 aromatic rings. The second-order valence-electron chi connectivity index (χ2n) is 6.38. The van der Waals surface area contributed by atoms with E-state index in [1.165, 1.54) is 10.3 Å². The van der Waals surface area contributed by atoms with Crippen molar-refractivity contribution >= 4 is 39.0 Å². The summed E-state index contributed by atoms with van der Waals surface area (Å²) in [6.45, 7) is 2.08. The minimum Gasteiger partial charge on any atom is -0.497 e. The van der Waals surface area contributed by atoms with Crippen molar-refractivity contribution in [3.63, 3.8) is 0 Å². The molecule has 2 amide bonds. The van der Waals surface area contributed by atoms with Gasteiger partial charge in [-0.1, -0.05) is 6.07 Å². The normalized spacial score (nSPS) is 10.6. The van der Waals surface area contributed by atoms with Crippen LogP contribution >= 0.6 is 11.3 Å². The lowest BCUT2D eigenvalue weighted by molar-refractivity contribution is 0.262. The Morgan fingerprint density at radius 1 is 0.929 bits per heavy atom. The Labute approximate surface area is 167 Å². The number of rotatable bonds is 4. The van der Waals surface area contributed by atoms with Crippen molar-refractivity contribution in [1.29, 1.82) is 0 Å². The average Bonchev–Trinajstić information content (AvgIpc) is 3.12. The van der Waals surface area contributed by atoms with Gasteiger partial charge in [-0.05, 0) is 73.2 Å². The van der Waals surface area contributed by atoms with E-state index in [0.29, 0.717) is 11.4 Å². The van der Waals surface area contributed by atoms with Gasteiger partial charge in [0.25, 0.3) is 0 Å². The van der Waals surface area contributed by atoms with Crippen LogP contribution in [0.1, 0.15) is 5.56 Å². The van der Waals surface area contributed by atoms with E-state index < -0.39 is 0 Å². The van der Waals surface area contributed by atoms with E-state index in [9.17, 15) is 4.79 Å². The largest absolute Gasteiger partial charge is 0.497 e. The number of amides is 2. The predicted octanol–water partition coefficient (Wildman–Crippen LogP) is 5.92. The molecule has 3 aromatic carbocycles. The topological polar surface area (TPSA) is 63.2 Å².